The lowest BCUT2D eigenvalue weighted by Crippen LogP contribution is -2.35. The molecule has 1 aliphatic rings. The zero-order valence-corrected chi connectivity index (χ0v) is 18.7. The number of aliphatic imine (C=N–C) groups is 1. The Balaban J connectivity index is 1.81. The van der Waals surface area contributed by atoms with Gasteiger partial charge in [-0.2, -0.15) is 0 Å². The van der Waals surface area contributed by atoms with E-state index in [1.807, 2.05) is 45.0 Å². The Kier molecular flexibility index (Phi) is 11.1. The monoisotopic (exact) mass is 418 g/mol. The third kappa shape index (κ3) is 11.0. The number of amides is 1. The molecule has 0 aromatic heterocycles. The van der Waals surface area contributed by atoms with Gasteiger partial charge in [-0.25, -0.2) is 0 Å². The number of hydrogen-bond acceptors (Lipinski definition) is 4. The lowest BCUT2D eigenvalue weighted by Gasteiger charge is -2.14. The van der Waals surface area contributed by atoms with Gasteiger partial charge in [0.25, 0.3) is 0 Å². The molecule has 1 aliphatic carbocycles. The number of anilines is 1. The van der Waals surface area contributed by atoms with Crippen LogP contribution in [0.3, 0.4) is 0 Å². The second-order valence-electron chi connectivity index (χ2n) is 7.94. The summed E-state index contributed by atoms with van der Waals surface area (Å²) < 4.78 is 11.4. The molecule has 1 amide bonds. The van der Waals surface area contributed by atoms with Gasteiger partial charge in [0, 0.05) is 45.0 Å². The van der Waals surface area contributed by atoms with Gasteiger partial charge >= 0.3 is 0 Å². The van der Waals surface area contributed by atoms with Crippen LogP contribution in [0, 0.1) is 5.92 Å². The van der Waals surface area contributed by atoms with Crippen molar-refractivity contribution < 1.29 is 14.3 Å². The molecule has 0 atom stereocenters. The summed E-state index contributed by atoms with van der Waals surface area (Å²) in [6.07, 6.45) is 4.98. The summed E-state index contributed by atoms with van der Waals surface area (Å²) in [5.74, 6) is 2.33. The largest absolute Gasteiger partial charge is 0.491 e. The molecule has 0 unspecified atom stereocenters. The number of nitrogens with one attached hydrogen (secondary N) is 3. The summed E-state index contributed by atoms with van der Waals surface area (Å²) in [5, 5.41) is 9.44. The summed E-state index contributed by atoms with van der Waals surface area (Å²) in [6.45, 7) is 9.56. The molecule has 3 N–H and O–H groups in total. The molecule has 0 aliphatic heterocycles. The van der Waals surface area contributed by atoms with Gasteiger partial charge in [0.15, 0.2) is 5.96 Å². The average molecular weight is 419 g/mol. The third-order valence-corrected chi connectivity index (χ3v) is 4.47. The number of carbonyl (C=O) groups excluding carboxylic acids is 1. The van der Waals surface area contributed by atoms with Gasteiger partial charge in [0.05, 0.1) is 6.10 Å². The molecular weight excluding hydrogens is 380 g/mol. The van der Waals surface area contributed by atoms with Crippen molar-refractivity contribution in [2.45, 2.75) is 59.0 Å². The Morgan fingerprint density at radius 2 is 1.93 bits per heavy atom. The number of hydrogen-bond donors (Lipinski definition) is 3. The van der Waals surface area contributed by atoms with E-state index < -0.39 is 0 Å². The van der Waals surface area contributed by atoms with Gasteiger partial charge in [0.2, 0.25) is 5.91 Å². The highest BCUT2D eigenvalue weighted by Gasteiger charge is 2.20. The predicted molar refractivity (Wildman–Crippen MR) is 122 cm³/mol. The third-order valence-electron chi connectivity index (χ3n) is 4.47. The van der Waals surface area contributed by atoms with Crippen LogP contribution in [0.1, 0.15) is 52.9 Å². The lowest BCUT2D eigenvalue weighted by atomic mass is 10.3. The number of guanidine groups is 1. The van der Waals surface area contributed by atoms with Crippen LogP contribution in [0.25, 0.3) is 0 Å². The van der Waals surface area contributed by atoms with Crippen LogP contribution in [-0.4, -0.2) is 50.8 Å². The summed E-state index contributed by atoms with van der Waals surface area (Å²) in [6, 6.07) is 7.79. The highest BCUT2D eigenvalue weighted by atomic mass is 16.5. The van der Waals surface area contributed by atoms with Crippen LogP contribution >= 0.6 is 0 Å². The van der Waals surface area contributed by atoms with Crippen molar-refractivity contribution >= 4 is 17.6 Å². The normalized spacial score (nSPS) is 13.9. The Hall–Kier alpha value is -2.28. The van der Waals surface area contributed by atoms with Crippen LogP contribution in [0.4, 0.5) is 5.69 Å². The molecule has 1 saturated carbocycles. The van der Waals surface area contributed by atoms with Crippen molar-refractivity contribution in [1.82, 2.24) is 10.6 Å². The zero-order chi connectivity index (χ0) is 21.6. The first-order chi connectivity index (χ1) is 14.6. The molecule has 1 fully saturated rings. The lowest BCUT2D eigenvalue weighted by molar-refractivity contribution is -0.120. The minimum Gasteiger partial charge on any atom is -0.491 e. The van der Waals surface area contributed by atoms with E-state index in [1.165, 1.54) is 12.8 Å². The average Bonchev–Trinajstić information content (AvgIpc) is 3.54. The number of carbonyl (C=O) groups is 1. The highest BCUT2D eigenvalue weighted by Crippen LogP contribution is 2.28. The van der Waals surface area contributed by atoms with E-state index in [4.69, 9.17) is 9.47 Å². The molecule has 0 spiro atoms. The van der Waals surface area contributed by atoms with Crippen molar-refractivity contribution in [1.29, 1.82) is 0 Å². The van der Waals surface area contributed by atoms with Crippen molar-refractivity contribution in [3.8, 4) is 5.75 Å². The quantitative estimate of drug-likeness (QED) is 0.244. The smallest absolute Gasteiger partial charge is 0.221 e. The number of rotatable bonds is 14. The predicted octanol–water partition coefficient (Wildman–Crippen LogP) is 3.56. The zero-order valence-electron chi connectivity index (χ0n) is 18.7. The van der Waals surface area contributed by atoms with Crippen molar-refractivity contribution in [3.05, 3.63) is 24.3 Å². The number of nitrogens with zero attached hydrogens (tertiary/aromatic N) is 1. The summed E-state index contributed by atoms with van der Waals surface area (Å²) in [5.41, 5.74) is 0.915. The SMILES string of the molecule is CCCNC(=O)CCNC(=NCCCOCC1CC1)Nc1ccc(OC(C)C)cc1. The Bertz CT molecular complexity index is 642. The van der Waals surface area contributed by atoms with E-state index in [1.54, 1.807) is 0 Å². The molecule has 0 radical (unpaired) electrons. The molecule has 168 valence electrons. The van der Waals surface area contributed by atoms with Crippen molar-refractivity contribution in [2.75, 3.05) is 38.2 Å². The Morgan fingerprint density at radius 1 is 1.17 bits per heavy atom. The summed E-state index contributed by atoms with van der Waals surface area (Å²) >= 11 is 0. The molecule has 0 heterocycles. The topological polar surface area (TPSA) is 84.0 Å². The van der Waals surface area contributed by atoms with E-state index in [0.29, 0.717) is 32.0 Å². The van der Waals surface area contributed by atoms with Gasteiger partial charge in [-0.05, 0) is 69.7 Å². The molecule has 7 nitrogen and oxygen atoms in total. The Morgan fingerprint density at radius 3 is 2.60 bits per heavy atom. The molecule has 30 heavy (non-hydrogen) atoms. The van der Waals surface area contributed by atoms with Gasteiger partial charge in [0.1, 0.15) is 5.75 Å². The maximum absolute atomic E-state index is 11.8. The molecular formula is C23H38N4O3. The van der Waals surface area contributed by atoms with Crippen LogP contribution in [0.15, 0.2) is 29.3 Å². The fourth-order valence-corrected chi connectivity index (χ4v) is 2.70. The van der Waals surface area contributed by atoms with Gasteiger partial charge in [-0.3, -0.25) is 9.79 Å². The van der Waals surface area contributed by atoms with Crippen LogP contribution < -0.4 is 20.7 Å². The van der Waals surface area contributed by atoms with Gasteiger partial charge in [-0.1, -0.05) is 6.92 Å². The van der Waals surface area contributed by atoms with Gasteiger partial charge < -0.3 is 25.4 Å². The molecule has 1 aromatic rings. The molecule has 0 bridgehead atoms. The fourth-order valence-electron chi connectivity index (χ4n) is 2.70. The molecule has 1 aromatic carbocycles. The fraction of sp³-hybridized carbons (Fsp3) is 0.652. The standard InChI is InChI=1S/C23H38N4O3/c1-4-13-24-22(28)12-15-26-23(25-14-5-16-29-17-19-6-7-19)27-20-8-10-21(11-9-20)30-18(2)3/h8-11,18-19H,4-7,12-17H2,1-3H3,(H,24,28)(H2,25,26,27). The van der Waals surface area contributed by atoms with E-state index in [2.05, 4.69) is 20.9 Å². The first-order valence-electron chi connectivity index (χ1n) is 11.2. The van der Waals surface area contributed by atoms with Crippen molar-refractivity contribution in [2.24, 2.45) is 10.9 Å². The van der Waals surface area contributed by atoms with E-state index in [0.717, 1.165) is 43.4 Å². The highest BCUT2D eigenvalue weighted by molar-refractivity contribution is 5.93. The van der Waals surface area contributed by atoms with Crippen LogP contribution in [0.5, 0.6) is 5.75 Å². The van der Waals surface area contributed by atoms with E-state index >= 15 is 0 Å². The van der Waals surface area contributed by atoms with E-state index in [-0.39, 0.29) is 12.0 Å². The first kappa shape index (κ1) is 24.0. The molecule has 7 heteroatoms. The maximum atomic E-state index is 11.8. The molecule has 2 rings (SSSR count). The maximum Gasteiger partial charge on any atom is 0.221 e. The van der Waals surface area contributed by atoms with Crippen LogP contribution in [-0.2, 0) is 9.53 Å². The Labute approximate surface area is 181 Å². The number of benzene rings is 1. The van der Waals surface area contributed by atoms with E-state index in [9.17, 15) is 4.79 Å². The molecule has 0 saturated heterocycles. The summed E-state index contributed by atoms with van der Waals surface area (Å²) in [4.78, 5) is 16.5. The second kappa shape index (κ2) is 13.9. The second-order valence-corrected chi connectivity index (χ2v) is 7.94. The van der Waals surface area contributed by atoms with Gasteiger partial charge in [-0.15, -0.1) is 0 Å². The van der Waals surface area contributed by atoms with Crippen LogP contribution in [0.2, 0.25) is 0 Å². The summed E-state index contributed by atoms with van der Waals surface area (Å²) in [7, 11) is 0. The number of ether oxygens (including phenoxy) is 2. The van der Waals surface area contributed by atoms with Crippen molar-refractivity contribution in [3.63, 3.8) is 0 Å². The minimum atomic E-state index is 0.0485. The first-order valence-corrected chi connectivity index (χ1v) is 11.2. The minimum absolute atomic E-state index is 0.0485.